The summed E-state index contributed by atoms with van der Waals surface area (Å²) in [5, 5.41) is 5.21. The van der Waals surface area contributed by atoms with Gasteiger partial charge in [-0.25, -0.2) is 4.79 Å². The van der Waals surface area contributed by atoms with E-state index in [0.29, 0.717) is 46.2 Å². The Morgan fingerprint density at radius 1 is 0.718 bits per heavy atom. The number of alkyl carbamates (subject to hydrolysis) is 1. The number of hydrogen-bond donors (Lipinski definition) is 2. The predicted octanol–water partition coefficient (Wildman–Crippen LogP) is 4.20. The van der Waals surface area contributed by atoms with Gasteiger partial charge in [0.25, 0.3) is 0 Å². The number of amides is 2. The average Bonchev–Trinajstić information content (AvgIpc) is 3.28. The van der Waals surface area contributed by atoms with Crippen LogP contribution >= 0.6 is 0 Å². The van der Waals surface area contributed by atoms with E-state index in [0.717, 1.165) is 27.8 Å². The van der Waals surface area contributed by atoms with Crippen LogP contribution in [-0.2, 0) is 30.3 Å². The predicted molar refractivity (Wildman–Crippen MR) is 149 cm³/mol. The van der Waals surface area contributed by atoms with Gasteiger partial charge in [0.1, 0.15) is 6.61 Å². The van der Waals surface area contributed by atoms with Crippen LogP contribution in [-0.4, -0.2) is 64.7 Å². The van der Waals surface area contributed by atoms with Crippen molar-refractivity contribution in [2.75, 3.05) is 52.7 Å². The average molecular weight is 533 g/mol. The SMILES string of the molecule is Cc1ccc(COCCOCCOCCNC(=O)CNC(=O)OCC2c3ccccc3-c3ccccc32)cc1. The van der Waals surface area contributed by atoms with Gasteiger partial charge >= 0.3 is 6.09 Å². The third kappa shape index (κ3) is 8.64. The molecule has 0 unspecified atom stereocenters. The third-order valence-electron chi connectivity index (χ3n) is 6.44. The topological polar surface area (TPSA) is 95.1 Å². The number of rotatable bonds is 15. The molecule has 0 fully saturated rings. The quantitative estimate of drug-likeness (QED) is 0.285. The second-order valence-electron chi connectivity index (χ2n) is 9.29. The molecule has 2 N–H and O–H groups in total. The van der Waals surface area contributed by atoms with Crippen LogP contribution in [0.3, 0.4) is 0 Å². The van der Waals surface area contributed by atoms with Crippen molar-refractivity contribution < 1.29 is 28.5 Å². The van der Waals surface area contributed by atoms with E-state index in [1.165, 1.54) is 5.56 Å². The first-order valence-corrected chi connectivity index (χ1v) is 13.3. The fraction of sp³-hybridized carbons (Fsp3) is 0.355. The molecular formula is C31H36N2O6. The maximum atomic E-state index is 12.2. The Morgan fingerprint density at radius 3 is 1.97 bits per heavy atom. The van der Waals surface area contributed by atoms with Crippen molar-refractivity contribution in [3.8, 4) is 11.1 Å². The number of carbonyl (C=O) groups excluding carboxylic acids is 2. The molecule has 4 rings (SSSR count). The van der Waals surface area contributed by atoms with Gasteiger partial charge in [0, 0.05) is 12.5 Å². The minimum atomic E-state index is -0.622. The molecule has 2 amide bonds. The second-order valence-corrected chi connectivity index (χ2v) is 9.29. The van der Waals surface area contributed by atoms with Crippen LogP contribution < -0.4 is 10.6 Å². The van der Waals surface area contributed by atoms with Gasteiger partial charge in [0.05, 0.1) is 46.2 Å². The summed E-state index contributed by atoms with van der Waals surface area (Å²) in [6.45, 7) is 5.23. The number of hydrogen-bond acceptors (Lipinski definition) is 6. The van der Waals surface area contributed by atoms with E-state index in [4.69, 9.17) is 18.9 Å². The van der Waals surface area contributed by atoms with Crippen LogP contribution in [0.5, 0.6) is 0 Å². The number of aryl methyl sites for hydroxylation is 1. The molecule has 0 saturated heterocycles. The number of ether oxygens (including phenoxy) is 4. The van der Waals surface area contributed by atoms with Crippen molar-refractivity contribution in [2.45, 2.75) is 19.4 Å². The van der Waals surface area contributed by atoms with Crippen molar-refractivity contribution in [3.63, 3.8) is 0 Å². The zero-order valence-corrected chi connectivity index (χ0v) is 22.3. The Balaban J connectivity index is 0.996. The summed E-state index contributed by atoms with van der Waals surface area (Å²) in [4.78, 5) is 24.2. The van der Waals surface area contributed by atoms with Crippen LogP contribution in [0.2, 0.25) is 0 Å². The number of nitrogens with one attached hydrogen (secondary N) is 2. The van der Waals surface area contributed by atoms with E-state index >= 15 is 0 Å². The maximum absolute atomic E-state index is 12.2. The molecule has 0 heterocycles. The Labute approximate surface area is 229 Å². The van der Waals surface area contributed by atoms with Crippen molar-refractivity contribution in [2.24, 2.45) is 0 Å². The lowest BCUT2D eigenvalue weighted by atomic mass is 9.98. The number of benzene rings is 3. The molecular weight excluding hydrogens is 496 g/mol. The lowest BCUT2D eigenvalue weighted by Crippen LogP contribution is -2.38. The molecule has 8 nitrogen and oxygen atoms in total. The van der Waals surface area contributed by atoms with Gasteiger partial charge in [-0.1, -0.05) is 78.4 Å². The van der Waals surface area contributed by atoms with Gasteiger partial charge in [0.2, 0.25) is 5.91 Å². The largest absolute Gasteiger partial charge is 0.449 e. The fourth-order valence-electron chi connectivity index (χ4n) is 4.44. The van der Waals surface area contributed by atoms with Crippen LogP contribution in [0, 0.1) is 6.92 Å². The zero-order chi connectivity index (χ0) is 27.3. The molecule has 206 valence electrons. The summed E-state index contributed by atoms with van der Waals surface area (Å²) >= 11 is 0. The third-order valence-corrected chi connectivity index (χ3v) is 6.44. The first-order chi connectivity index (χ1) is 19.1. The van der Waals surface area contributed by atoms with Gasteiger partial charge in [-0.3, -0.25) is 4.79 Å². The minimum absolute atomic E-state index is 0.0238. The molecule has 1 aliphatic rings. The minimum Gasteiger partial charge on any atom is -0.449 e. The van der Waals surface area contributed by atoms with Gasteiger partial charge in [-0.2, -0.15) is 0 Å². The smallest absolute Gasteiger partial charge is 0.407 e. The summed E-state index contributed by atoms with van der Waals surface area (Å²) in [6, 6.07) is 24.5. The molecule has 0 aromatic heterocycles. The van der Waals surface area contributed by atoms with Gasteiger partial charge in [-0.15, -0.1) is 0 Å². The van der Waals surface area contributed by atoms with Crippen LogP contribution in [0.4, 0.5) is 4.79 Å². The highest BCUT2D eigenvalue weighted by Crippen LogP contribution is 2.44. The van der Waals surface area contributed by atoms with Crippen LogP contribution in [0.15, 0.2) is 72.8 Å². The van der Waals surface area contributed by atoms with Crippen molar-refractivity contribution >= 4 is 12.0 Å². The highest BCUT2D eigenvalue weighted by Gasteiger charge is 2.29. The molecule has 1 aliphatic carbocycles. The normalized spacial score (nSPS) is 12.0. The molecule has 39 heavy (non-hydrogen) atoms. The maximum Gasteiger partial charge on any atom is 0.407 e. The van der Waals surface area contributed by atoms with E-state index in [1.54, 1.807) is 0 Å². The molecule has 0 aliphatic heterocycles. The highest BCUT2D eigenvalue weighted by atomic mass is 16.6. The molecule has 0 radical (unpaired) electrons. The highest BCUT2D eigenvalue weighted by molar-refractivity contribution is 5.82. The van der Waals surface area contributed by atoms with E-state index < -0.39 is 6.09 Å². The molecule has 3 aromatic carbocycles. The Morgan fingerprint density at radius 2 is 1.31 bits per heavy atom. The van der Waals surface area contributed by atoms with Crippen molar-refractivity contribution in [3.05, 3.63) is 95.1 Å². The summed E-state index contributed by atoms with van der Waals surface area (Å²) in [5.41, 5.74) is 6.98. The Hall–Kier alpha value is -3.72. The Bertz CT molecular complexity index is 1170. The molecule has 0 atom stereocenters. The summed E-state index contributed by atoms with van der Waals surface area (Å²) in [5.74, 6) is -0.335. The number of fused-ring (bicyclic) bond motifs is 3. The second kappa shape index (κ2) is 15.0. The number of carbonyl (C=O) groups is 2. The van der Waals surface area contributed by atoms with E-state index in [9.17, 15) is 9.59 Å². The zero-order valence-electron chi connectivity index (χ0n) is 22.3. The lowest BCUT2D eigenvalue weighted by molar-refractivity contribution is -0.120. The van der Waals surface area contributed by atoms with Crippen LogP contribution in [0.25, 0.3) is 11.1 Å². The Kier molecular flexibility index (Phi) is 10.9. The van der Waals surface area contributed by atoms with E-state index in [2.05, 4.69) is 66.1 Å². The molecule has 0 saturated carbocycles. The van der Waals surface area contributed by atoms with Crippen LogP contribution in [0.1, 0.15) is 28.2 Å². The van der Waals surface area contributed by atoms with E-state index in [1.807, 2.05) is 24.3 Å². The molecule has 3 aromatic rings. The fourth-order valence-corrected chi connectivity index (χ4v) is 4.44. The first kappa shape index (κ1) is 28.3. The van der Waals surface area contributed by atoms with Crippen molar-refractivity contribution in [1.29, 1.82) is 0 Å². The lowest BCUT2D eigenvalue weighted by Gasteiger charge is -2.14. The molecule has 0 spiro atoms. The standard InChI is InChI=1S/C31H36N2O6/c1-23-10-12-24(13-11-23)21-38-19-18-37-17-16-36-15-14-32-30(34)20-33-31(35)39-22-29-27-8-4-2-6-25(27)26-7-3-5-9-28(26)29/h2-13,29H,14-22H2,1H3,(H,32,34)(H,33,35). The first-order valence-electron chi connectivity index (χ1n) is 13.3. The monoisotopic (exact) mass is 532 g/mol. The van der Waals surface area contributed by atoms with Gasteiger partial charge in [0.15, 0.2) is 0 Å². The summed E-state index contributed by atoms with van der Waals surface area (Å²) in [6.07, 6.45) is -0.622. The molecule has 0 bridgehead atoms. The van der Waals surface area contributed by atoms with Gasteiger partial charge in [-0.05, 0) is 34.7 Å². The summed E-state index contributed by atoms with van der Waals surface area (Å²) in [7, 11) is 0. The van der Waals surface area contributed by atoms with Gasteiger partial charge < -0.3 is 29.6 Å². The molecule has 8 heteroatoms. The summed E-state index contributed by atoms with van der Waals surface area (Å²) < 4.78 is 22.0. The van der Waals surface area contributed by atoms with Crippen molar-refractivity contribution in [1.82, 2.24) is 10.6 Å². The van der Waals surface area contributed by atoms with E-state index in [-0.39, 0.29) is 25.0 Å².